The molecule has 1 aliphatic rings. The molecule has 1 aliphatic carbocycles. The van der Waals surface area contributed by atoms with E-state index in [-0.39, 0.29) is 5.97 Å². The molecule has 2 rings (SSSR count). The fourth-order valence-corrected chi connectivity index (χ4v) is 1.92. The molecule has 0 bridgehead atoms. The first kappa shape index (κ1) is 13.7. The van der Waals surface area contributed by atoms with Gasteiger partial charge in [-0.15, -0.1) is 0 Å². The number of ether oxygens (including phenoxy) is 1. The molecule has 0 spiro atoms. The van der Waals surface area contributed by atoms with Crippen LogP contribution in [0, 0.1) is 0 Å². The molecule has 19 heavy (non-hydrogen) atoms. The molecule has 104 valence electrons. The van der Waals surface area contributed by atoms with E-state index in [0.29, 0.717) is 17.3 Å². The number of carbonyl (C=O) groups excluding carboxylic acids is 1. The Morgan fingerprint density at radius 1 is 1.37 bits per heavy atom. The molecule has 0 radical (unpaired) electrons. The second-order valence-electron chi connectivity index (χ2n) is 6.08. The van der Waals surface area contributed by atoms with Crippen LogP contribution in [0.15, 0.2) is 18.2 Å². The summed E-state index contributed by atoms with van der Waals surface area (Å²) in [6, 6.07) is 5.72. The second kappa shape index (κ2) is 5.11. The number of carbonyl (C=O) groups is 1. The summed E-state index contributed by atoms with van der Waals surface area (Å²) in [5, 5.41) is 3.37. The van der Waals surface area contributed by atoms with Gasteiger partial charge >= 0.3 is 5.97 Å². The van der Waals surface area contributed by atoms with Crippen LogP contribution in [0.2, 0.25) is 0 Å². The van der Waals surface area contributed by atoms with Crippen LogP contribution in [0.25, 0.3) is 0 Å². The van der Waals surface area contributed by atoms with E-state index in [2.05, 4.69) is 5.32 Å². The van der Waals surface area contributed by atoms with Crippen LogP contribution >= 0.6 is 0 Å². The van der Waals surface area contributed by atoms with E-state index in [0.717, 1.165) is 18.5 Å². The summed E-state index contributed by atoms with van der Waals surface area (Å²) in [5.74, 6) is -0.316. The molecule has 1 saturated carbocycles. The summed E-state index contributed by atoms with van der Waals surface area (Å²) >= 11 is 0. The first-order chi connectivity index (χ1) is 8.85. The highest BCUT2D eigenvalue weighted by Gasteiger charge is 2.21. The molecule has 0 amide bonds. The first-order valence-corrected chi connectivity index (χ1v) is 6.74. The van der Waals surface area contributed by atoms with Crippen LogP contribution < -0.4 is 11.1 Å². The van der Waals surface area contributed by atoms with Gasteiger partial charge < -0.3 is 15.8 Å². The van der Waals surface area contributed by atoms with Crippen LogP contribution in [0.5, 0.6) is 0 Å². The number of benzene rings is 1. The molecule has 1 aromatic carbocycles. The van der Waals surface area contributed by atoms with Crippen molar-refractivity contribution in [2.24, 2.45) is 0 Å². The fraction of sp³-hybridized carbons (Fsp3) is 0.533. The molecule has 4 heteroatoms. The summed E-state index contributed by atoms with van der Waals surface area (Å²) in [4.78, 5) is 12.0. The Labute approximate surface area is 114 Å². The van der Waals surface area contributed by atoms with Crippen molar-refractivity contribution in [1.29, 1.82) is 0 Å². The summed E-state index contributed by atoms with van der Waals surface area (Å²) < 4.78 is 5.36. The molecular formula is C15H22N2O2. The first-order valence-electron chi connectivity index (χ1n) is 6.74. The van der Waals surface area contributed by atoms with Crippen molar-refractivity contribution in [1.82, 2.24) is 0 Å². The van der Waals surface area contributed by atoms with E-state index < -0.39 is 5.60 Å². The normalized spacial score (nSPS) is 15.7. The summed E-state index contributed by atoms with van der Waals surface area (Å²) in [7, 11) is 0. The summed E-state index contributed by atoms with van der Waals surface area (Å²) in [5.41, 5.74) is 7.47. The van der Waals surface area contributed by atoms with Crippen LogP contribution in [-0.4, -0.2) is 17.6 Å². The third kappa shape index (κ3) is 3.63. The van der Waals surface area contributed by atoms with E-state index in [4.69, 9.17) is 10.5 Å². The van der Waals surface area contributed by atoms with Gasteiger partial charge in [0, 0.05) is 6.04 Å². The molecule has 0 aliphatic heterocycles. The van der Waals surface area contributed by atoms with Crippen LogP contribution in [0.3, 0.4) is 0 Å². The van der Waals surface area contributed by atoms with Crippen molar-refractivity contribution in [2.45, 2.75) is 51.7 Å². The third-order valence-electron chi connectivity index (χ3n) is 3.15. The zero-order valence-electron chi connectivity index (χ0n) is 11.8. The number of hydrogen-bond donors (Lipinski definition) is 2. The molecular weight excluding hydrogens is 240 g/mol. The third-order valence-corrected chi connectivity index (χ3v) is 3.15. The van der Waals surface area contributed by atoms with Gasteiger partial charge in [-0.05, 0) is 58.2 Å². The monoisotopic (exact) mass is 262 g/mol. The van der Waals surface area contributed by atoms with E-state index in [9.17, 15) is 4.79 Å². The van der Waals surface area contributed by atoms with Crippen molar-refractivity contribution >= 4 is 17.3 Å². The Morgan fingerprint density at radius 3 is 2.58 bits per heavy atom. The molecule has 4 nitrogen and oxygen atoms in total. The quantitative estimate of drug-likeness (QED) is 0.648. The second-order valence-corrected chi connectivity index (χ2v) is 6.08. The smallest absolute Gasteiger partial charge is 0.338 e. The van der Waals surface area contributed by atoms with Gasteiger partial charge in [0.15, 0.2) is 0 Å². The number of anilines is 2. The predicted molar refractivity (Wildman–Crippen MR) is 77.3 cm³/mol. The van der Waals surface area contributed by atoms with E-state index in [1.807, 2.05) is 20.8 Å². The maximum atomic E-state index is 12.0. The SMILES string of the molecule is CC(C)(C)OC(=O)c1ccc(N)c(NC2CCC2)c1. The Balaban J connectivity index is 2.13. The average Bonchev–Trinajstić information content (AvgIpc) is 2.23. The lowest BCUT2D eigenvalue weighted by atomic mass is 9.93. The number of rotatable bonds is 3. The highest BCUT2D eigenvalue weighted by molar-refractivity contribution is 5.92. The Morgan fingerprint density at radius 2 is 2.05 bits per heavy atom. The number of nitrogens with one attached hydrogen (secondary N) is 1. The van der Waals surface area contributed by atoms with Gasteiger partial charge in [-0.1, -0.05) is 0 Å². The molecule has 1 aromatic rings. The molecule has 3 N–H and O–H groups in total. The molecule has 0 saturated heterocycles. The van der Waals surface area contributed by atoms with Crippen LogP contribution in [-0.2, 0) is 4.74 Å². The Hall–Kier alpha value is -1.71. The van der Waals surface area contributed by atoms with Crippen molar-refractivity contribution in [2.75, 3.05) is 11.1 Å². The minimum absolute atomic E-state index is 0.316. The van der Waals surface area contributed by atoms with Crippen LogP contribution in [0.1, 0.15) is 50.4 Å². The minimum Gasteiger partial charge on any atom is -0.456 e. The van der Waals surface area contributed by atoms with E-state index in [1.165, 1.54) is 6.42 Å². The maximum Gasteiger partial charge on any atom is 0.338 e. The lowest BCUT2D eigenvalue weighted by Gasteiger charge is -2.28. The summed E-state index contributed by atoms with van der Waals surface area (Å²) in [6.45, 7) is 5.57. The Bertz CT molecular complexity index is 474. The van der Waals surface area contributed by atoms with Crippen molar-refractivity contribution in [3.63, 3.8) is 0 Å². The molecule has 0 heterocycles. The van der Waals surface area contributed by atoms with Gasteiger partial charge in [0.2, 0.25) is 0 Å². The highest BCUT2D eigenvalue weighted by atomic mass is 16.6. The minimum atomic E-state index is -0.486. The number of esters is 1. The highest BCUT2D eigenvalue weighted by Crippen LogP contribution is 2.28. The van der Waals surface area contributed by atoms with Gasteiger partial charge in [-0.2, -0.15) is 0 Å². The molecule has 0 aromatic heterocycles. The number of hydrogen-bond acceptors (Lipinski definition) is 4. The van der Waals surface area contributed by atoms with Gasteiger partial charge in [0.25, 0.3) is 0 Å². The lowest BCUT2D eigenvalue weighted by molar-refractivity contribution is 0.00696. The molecule has 0 unspecified atom stereocenters. The Kier molecular flexibility index (Phi) is 3.69. The molecule has 0 atom stereocenters. The lowest BCUT2D eigenvalue weighted by Crippen LogP contribution is -2.28. The topological polar surface area (TPSA) is 64.3 Å². The van der Waals surface area contributed by atoms with Gasteiger partial charge in [-0.25, -0.2) is 4.79 Å². The van der Waals surface area contributed by atoms with Gasteiger partial charge in [0.1, 0.15) is 5.60 Å². The zero-order valence-corrected chi connectivity index (χ0v) is 11.8. The largest absolute Gasteiger partial charge is 0.456 e. The zero-order chi connectivity index (χ0) is 14.0. The average molecular weight is 262 g/mol. The predicted octanol–water partition coefficient (Wildman–Crippen LogP) is 3.19. The maximum absolute atomic E-state index is 12.0. The van der Waals surface area contributed by atoms with E-state index in [1.54, 1.807) is 18.2 Å². The standard InChI is InChI=1S/C15H22N2O2/c1-15(2,3)19-14(18)10-7-8-12(16)13(9-10)17-11-5-4-6-11/h7-9,11,17H,4-6,16H2,1-3H3. The van der Waals surface area contributed by atoms with Crippen molar-refractivity contribution in [3.8, 4) is 0 Å². The molecule has 1 fully saturated rings. The van der Waals surface area contributed by atoms with Crippen molar-refractivity contribution in [3.05, 3.63) is 23.8 Å². The number of nitrogens with two attached hydrogens (primary N) is 1. The summed E-state index contributed by atoms with van der Waals surface area (Å²) in [6.07, 6.45) is 3.58. The fourth-order valence-electron chi connectivity index (χ4n) is 1.92. The number of nitrogen functional groups attached to an aromatic ring is 1. The van der Waals surface area contributed by atoms with Crippen molar-refractivity contribution < 1.29 is 9.53 Å². The van der Waals surface area contributed by atoms with E-state index >= 15 is 0 Å². The van der Waals surface area contributed by atoms with Gasteiger partial charge in [-0.3, -0.25) is 0 Å². The van der Waals surface area contributed by atoms with Crippen LogP contribution in [0.4, 0.5) is 11.4 Å². The van der Waals surface area contributed by atoms with Gasteiger partial charge in [0.05, 0.1) is 16.9 Å².